The molecule has 1 heterocycles. The summed E-state index contributed by atoms with van der Waals surface area (Å²) in [7, 11) is 0. The first kappa shape index (κ1) is 8.69. The molecular weight excluding hydrogens is 176 g/mol. The van der Waals surface area contributed by atoms with Gasteiger partial charge in [-0.25, -0.2) is 5.84 Å². The molecule has 0 atom stereocenters. The van der Waals surface area contributed by atoms with Gasteiger partial charge in [-0.2, -0.15) is 5.10 Å². The maximum absolute atomic E-state index is 10.3. The van der Waals surface area contributed by atoms with Crippen molar-refractivity contribution < 1.29 is 4.79 Å². The molecule has 0 radical (unpaired) electrons. The summed E-state index contributed by atoms with van der Waals surface area (Å²) in [6, 6.07) is 1.66. The van der Waals surface area contributed by atoms with E-state index in [1.807, 2.05) is 0 Å². The van der Waals surface area contributed by atoms with Crippen molar-refractivity contribution in [1.82, 2.24) is 5.43 Å². The fraction of sp³-hybridized carbons (Fsp3) is 0. The number of carbonyl (C=O) groups excluding carboxylic acids is 1. The SMILES string of the molecule is N/N=C(\NN)c1csc(C=O)c1. The molecule has 0 aliphatic rings. The molecule has 12 heavy (non-hydrogen) atoms. The van der Waals surface area contributed by atoms with Crippen LogP contribution in [-0.4, -0.2) is 12.1 Å². The van der Waals surface area contributed by atoms with Crippen LogP contribution in [0, 0.1) is 0 Å². The fourth-order valence-electron chi connectivity index (χ4n) is 0.734. The summed E-state index contributed by atoms with van der Waals surface area (Å²) in [4.78, 5) is 10.9. The monoisotopic (exact) mass is 184 g/mol. The minimum atomic E-state index is 0.361. The van der Waals surface area contributed by atoms with Crippen LogP contribution in [0.2, 0.25) is 0 Å². The molecule has 0 spiro atoms. The lowest BCUT2D eigenvalue weighted by Gasteiger charge is -1.98. The second kappa shape index (κ2) is 3.84. The third-order valence-corrected chi connectivity index (χ3v) is 2.13. The highest BCUT2D eigenvalue weighted by Gasteiger charge is 2.03. The van der Waals surface area contributed by atoms with Gasteiger partial charge in [0.25, 0.3) is 0 Å². The molecule has 1 rings (SSSR count). The van der Waals surface area contributed by atoms with Gasteiger partial charge in [0.2, 0.25) is 0 Å². The highest BCUT2D eigenvalue weighted by atomic mass is 32.1. The van der Waals surface area contributed by atoms with Crippen LogP contribution in [-0.2, 0) is 0 Å². The maximum atomic E-state index is 10.3. The van der Waals surface area contributed by atoms with Crippen LogP contribution in [0.25, 0.3) is 0 Å². The zero-order valence-electron chi connectivity index (χ0n) is 6.15. The third-order valence-electron chi connectivity index (χ3n) is 1.28. The summed E-state index contributed by atoms with van der Waals surface area (Å²) < 4.78 is 0. The maximum Gasteiger partial charge on any atom is 0.167 e. The van der Waals surface area contributed by atoms with E-state index in [0.717, 1.165) is 6.29 Å². The quantitative estimate of drug-likeness (QED) is 0.192. The highest BCUT2D eigenvalue weighted by molar-refractivity contribution is 7.12. The molecule has 1 aromatic heterocycles. The topological polar surface area (TPSA) is 93.5 Å². The van der Waals surface area contributed by atoms with Crippen molar-refractivity contribution >= 4 is 23.5 Å². The smallest absolute Gasteiger partial charge is 0.167 e. The van der Waals surface area contributed by atoms with Crippen molar-refractivity contribution in [2.75, 3.05) is 0 Å². The predicted molar refractivity (Wildman–Crippen MR) is 47.8 cm³/mol. The summed E-state index contributed by atoms with van der Waals surface area (Å²) in [5, 5.41) is 5.14. The summed E-state index contributed by atoms with van der Waals surface area (Å²) in [6.45, 7) is 0. The minimum Gasteiger partial charge on any atom is -0.321 e. The Bertz CT molecular complexity index is 306. The number of hydrogen-bond donors (Lipinski definition) is 3. The van der Waals surface area contributed by atoms with Crippen molar-refractivity contribution in [3.8, 4) is 0 Å². The van der Waals surface area contributed by atoms with Gasteiger partial charge in [-0.1, -0.05) is 0 Å². The van der Waals surface area contributed by atoms with Crippen molar-refractivity contribution in [1.29, 1.82) is 0 Å². The largest absolute Gasteiger partial charge is 0.321 e. The number of hydrazine groups is 1. The highest BCUT2D eigenvalue weighted by Crippen LogP contribution is 2.11. The van der Waals surface area contributed by atoms with E-state index in [2.05, 4.69) is 10.5 Å². The number of hydrazone groups is 1. The van der Waals surface area contributed by atoms with Gasteiger partial charge in [0, 0.05) is 10.9 Å². The van der Waals surface area contributed by atoms with Gasteiger partial charge >= 0.3 is 0 Å². The van der Waals surface area contributed by atoms with E-state index in [1.54, 1.807) is 11.4 Å². The van der Waals surface area contributed by atoms with Crippen LogP contribution >= 0.6 is 11.3 Å². The normalized spacial score (nSPS) is 11.2. The lowest BCUT2D eigenvalue weighted by Crippen LogP contribution is -2.31. The van der Waals surface area contributed by atoms with Gasteiger partial charge < -0.3 is 11.3 Å². The predicted octanol–water partition coefficient (Wildman–Crippen LogP) is -0.356. The molecule has 0 saturated carbocycles. The van der Waals surface area contributed by atoms with Crippen LogP contribution in [0.15, 0.2) is 16.5 Å². The second-order valence-corrected chi connectivity index (χ2v) is 2.92. The first-order valence-corrected chi connectivity index (χ1v) is 3.98. The van der Waals surface area contributed by atoms with Crippen LogP contribution in [0.5, 0.6) is 0 Å². The van der Waals surface area contributed by atoms with E-state index >= 15 is 0 Å². The van der Waals surface area contributed by atoms with Crippen molar-refractivity contribution in [2.24, 2.45) is 16.8 Å². The summed E-state index contributed by atoms with van der Waals surface area (Å²) in [5.41, 5.74) is 3.04. The van der Waals surface area contributed by atoms with Crippen molar-refractivity contribution in [3.05, 3.63) is 21.9 Å². The number of rotatable bonds is 2. The summed E-state index contributed by atoms with van der Waals surface area (Å²) in [6.07, 6.45) is 0.763. The van der Waals surface area contributed by atoms with Crippen LogP contribution < -0.4 is 17.1 Å². The first-order chi connectivity index (χ1) is 5.81. The Kier molecular flexibility index (Phi) is 2.78. The minimum absolute atomic E-state index is 0.361. The zero-order chi connectivity index (χ0) is 8.97. The number of thiophene rings is 1. The Morgan fingerprint density at radius 2 is 2.50 bits per heavy atom. The number of nitrogens with two attached hydrogens (primary N) is 2. The van der Waals surface area contributed by atoms with E-state index in [0.29, 0.717) is 16.3 Å². The van der Waals surface area contributed by atoms with Gasteiger partial charge in [-0.15, -0.1) is 11.3 Å². The molecule has 5 nitrogen and oxygen atoms in total. The fourth-order valence-corrected chi connectivity index (χ4v) is 1.43. The number of carbonyl (C=O) groups is 1. The number of nitrogens with one attached hydrogen (secondary N) is 1. The molecule has 64 valence electrons. The molecule has 0 fully saturated rings. The van der Waals surface area contributed by atoms with Crippen LogP contribution in [0.1, 0.15) is 15.2 Å². The Hall–Kier alpha value is -1.40. The molecule has 0 saturated heterocycles. The van der Waals surface area contributed by atoms with E-state index in [-0.39, 0.29) is 0 Å². The molecule has 0 unspecified atom stereocenters. The van der Waals surface area contributed by atoms with E-state index in [1.165, 1.54) is 11.3 Å². The molecule has 5 N–H and O–H groups in total. The average Bonchev–Trinajstić information content (AvgIpc) is 2.55. The van der Waals surface area contributed by atoms with Gasteiger partial charge in [0.15, 0.2) is 12.1 Å². The molecule has 0 aliphatic heterocycles. The number of hydrogen-bond acceptors (Lipinski definition) is 5. The number of amidine groups is 1. The Labute approximate surface area is 73.0 Å². The van der Waals surface area contributed by atoms with E-state index in [9.17, 15) is 4.79 Å². The van der Waals surface area contributed by atoms with Crippen LogP contribution in [0.4, 0.5) is 0 Å². The third kappa shape index (κ3) is 1.60. The van der Waals surface area contributed by atoms with Crippen LogP contribution in [0.3, 0.4) is 0 Å². The second-order valence-electron chi connectivity index (χ2n) is 1.98. The summed E-state index contributed by atoms with van der Waals surface area (Å²) >= 11 is 1.31. The molecule has 0 aromatic carbocycles. The molecule has 0 amide bonds. The van der Waals surface area contributed by atoms with E-state index in [4.69, 9.17) is 11.7 Å². The standard InChI is InChI=1S/C6H8N4OS/c7-9-6(10-8)4-1-5(2-11)12-3-4/h1-3H,7-8H2,(H,9,10). The number of nitrogens with zero attached hydrogens (tertiary/aromatic N) is 1. The van der Waals surface area contributed by atoms with Gasteiger partial charge in [0.1, 0.15) is 0 Å². The Morgan fingerprint density at radius 3 is 2.92 bits per heavy atom. The average molecular weight is 184 g/mol. The molecule has 0 bridgehead atoms. The first-order valence-electron chi connectivity index (χ1n) is 3.10. The molecule has 0 aliphatic carbocycles. The molecule has 6 heteroatoms. The number of aldehydes is 1. The Morgan fingerprint density at radius 1 is 1.75 bits per heavy atom. The zero-order valence-corrected chi connectivity index (χ0v) is 6.97. The van der Waals surface area contributed by atoms with Crippen molar-refractivity contribution in [2.45, 2.75) is 0 Å². The van der Waals surface area contributed by atoms with Gasteiger partial charge in [-0.3, -0.25) is 4.79 Å². The lowest BCUT2D eigenvalue weighted by molar-refractivity contribution is 0.112. The van der Waals surface area contributed by atoms with Gasteiger partial charge in [0.05, 0.1) is 4.88 Å². The molecule has 1 aromatic rings. The molecular formula is C6H8N4OS. The van der Waals surface area contributed by atoms with Gasteiger partial charge in [-0.05, 0) is 6.07 Å². The lowest BCUT2D eigenvalue weighted by atomic mass is 10.3. The van der Waals surface area contributed by atoms with Crippen molar-refractivity contribution in [3.63, 3.8) is 0 Å². The summed E-state index contributed by atoms with van der Waals surface area (Å²) in [5.74, 6) is 10.5. The Balaban J connectivity index is 2.95. The van der Waals surface area contributed by atoms with E-state index < -0.39 is 0 Å².